The van der Waals surface area contributed by atoms with Crippen LogP contribution in [0, 0.1) is 0 Å². The number of hydrogen-bond acceptors (Lipinski definition) is 7. The molecule has 3 heterocycles. The minimum atomic E-state index is -0.342. The molecule has 0 N–H and O–H groups in total. The van der Waals surface area contributed by atoms with Crippen molar-refractivity contribution in [2.45, 2.75) is 57.4 Å². The Kier molecular flexibility index (Phi) is 5.15. The van der Waals surface area contributed by atoms with Crippen molar-refractivity contribution in [1.29, 1.82) is 0 Å². The normalized spacial score (nSPS) is 20.7. The number of carbonyl (C=O) groups is 1. The van der Waals surface area contributed by atoms with Crippen LogP contribution in [0.3, 0.4) is 0 Å². The number of anilines is 1. The molecule has 0 amide bonds. The highest BCUT2D eigenvalue weighted by molar-refractivity contribution is 7.10. The highest BCUT2D eigenvalue weighted by Gasteiger charge is 2.31. The second-order valence-electron chi connectivity index (χ2n) is 6.90. The van der Waals surface area contributed by atoms with Crippen LogP contribution >= 0.6 is 11.3 Å². The average molecular weight is 372 g/mol. The highest BCUT2D eigenvalue weighted by atomic mass is 32.1. The summed E-state index contributed by atoms with van der Waals surface area (Å²) in [5.41, 5.74) is 0.410. The maximum Gasteiger partial charge on any atom is 0.357 e. The number of ether oxygens (including phenoxy) is 1. The molecule has 1 aliphatic heterocycles. The molecular weight excluding hydrogens is 348 g/mol. The number of thiazole rings is 1. The first-order chi connectivity index (χ1) is 12.8. The van der Waals surface area contributed by atoms with Crippen molar-refractivity contribution >= 4 is 23.1 Å². The third-order valence-corrected chi connectivity index (χ3v) is 6.16. The number of aromatic nitrogens is 3. The van der Waals surface area contributed by atoms with Gasteiger partial charge >= 0.3 is 5.97 Å². The van der Waals surface area contributed by atoms with Crippen molar-refractivity contribution in [3.05, 3.63) is 34.2 Å². The molecule has 0 radical (unpaired) electrons. The Morgan fingerprint density at radius 3 is 2.92 bits per heavy atom. The quantitative estimate of drug-likeness (QED) is 0.736. The van der Waals surface area contributed by atoms with E-state index in [4.69, 9.17) is 9.72 Å². The number of esters is 1. The molecule has 2 aromatic heterocycles. The summed E-state index contributed by atoms with van der Waals surface area (Å²) >= 11 is 1.53. The van der Waals surface area contributed by atoms with Gasteiger partial charge < -0.3 is 9.64 Å². The van der Waals surface area contributed by atoms with Gasteiger partial charge in [-0.25, -0.2) is 19.7 Å². The fourth-order valence-corrected chi connectivity index (χ4v) is 4.88. The van der Waals surface area contributed by atoms with Crippen molar-refractivity contribution < 1.29 is 9.53 Å². The first-order valence-electron chi connectivity index (χ1n) is 9.48. The van der Waals surface area contributed by atoms with Gasteiger partial charge in [0.1, 0.15) is 16.6 Å². The van der Waals surface area contributed by atoms with E-state index in [0.29, 0.717) is 18.2 Å². The van der Waals surface area contributed by atoms with Gasteiger partial charge in [-0.05, 0) is 38.7 Å². The topological polar surface area (TPSA) is 68.2 Å². The number of hydrogen-bond donors (Lipinski definition) is 0. The molecule has 0 spiro atoms. The molecule has 1 aliphatic carbocycles. The highest BCUT2D eigenvalue weighted by Crippen LogP contribution is 2.38. The monoisotopic (exact) mass is 372 g/mol. The standard InChI is InChI=1S/C19H24N4O2S/c1-2-25-19(24)14-12-26-18(21-14)15-8-5-11-23(15)16-9-10-20-17(22-16)13-6-3-4-7-13/h9-10,12-13,15H,2-8,11H2,1H3/t15-/m1/s1. The van der Waals surface area contributed by atoms with E-state index in [1.807, 2.05) is 12.3 Å². The summed E-state index contributed by atoms with van der Waals surface area (Å²) in [6.45, 7) is 3.13. The Balaban J connectivity index is 1.55. The maximum atomic E-state index is 11.9. The molecule has 2 aromatic rings. The number of rotatable bonds is 5. The molecule has 2 aliphatic rings. The molecule has 7 heteroatoms. The van der Waals surface area contributed by atoms with Gasteiger partial charge in [0, 0.05) is 24.0 Å². The van der Waals surface area contributed by atoms with Gasteiger partial charge in [0.25, 0.3) is 0 Å². The van der Waals surface area contributed by atoms with Crippen LogP contribution in [0.2, 0.25) is 0 Å². The molecule has 1 saturated carbocycles. The van der Waals surface area contributed by atoms with Gasteiger partial charge in [0.2, 0.25) is 0 Å². The van der Waals surface area contributed by atoms with Gasteiger partial charge in [-0.1, -0.05) is 12.8 Å². The van der Waals surface area contributed by atoms with Gasteiger partial charge in [-0.2, -0.15) is 0 Å². The predicted molar refractivity (Wildman–Crippen MR) is 101 cm³/mol. The van der Waals surface area contributed by atoms with E-state index in [-0.39, 0.29) is 12.0 Å². The number of nitrogens with zero attached hydrogens (tertiary/aromatic N) is 4. The summed E-state index contributed by atoms with van der Waals surface area (Å²) in [4.78, 5) is 28.2. The second kappa shape index (κ2) is 7.70. The molecular formula is C19H24N4O2S. The van der Waals surface area contributed by atoms with E-state index in [2.05, 4.69) is 14.9 Å². The molecule has 2 fully saturated rings. The van der Waals surface area contributed by atoms with Crippen LogP contribution in [0.25, 0.3) is 0 Å². The molecule has 4 rings (SSSR count). The van der Waals surface area contributed by atoms with Crippen LogP contribution < -0.4 is 4.90 Å². The SMILES string of the molecule is CCOC(=O)c1csc([C@H]2CCCN2c2ccnc(C3CCCC3)n2)n1. The molecule has 0 aromatic carbocycles. The Hall–Kier alpha value is -2.02. The third kappa shape index (κ3) is 3.45. The van der Waals surface area contributed by atoms with Crippen LogP contribution in [0.4, 0.5) is 5.82 Å². The molecule has 6 nitrogen and oxygen atoms in total. The van der Waals surface area contributed by atoms with Crippen molar-refractivity contribution in [2.24, 2.45) is 0 Å². The Labute approximate surface area is 157 Å². The third-order valence-electron chi connectivity index (χ3n) is 5.22. The lowest BCUT2D eigenvalue weighted by Gasteiger charge is -2.24. The van der Waals surface area contributed by atoms with Crippen LogP contribution in [0.5, 0.6) is 0 Å². The van der Waals surface area contributed by atoms with Crippen LogP contribution in [-0.2, 0) is 4.74 Å². The first kappa shape index (κ1) is 17.4. The fourth-order valence-electron chi connectivity index (χ4n) is 3.94. The van der Waals surface area contributed by atoms with Gasteiger partial charge in [0.05, 0.1) is 12.6 Å². The van der Waals surface area contributed by atoms with Crippen molar-refractivity contribution in [3.63, 3.8) is 0 Å². The van der Waals surface area contributed by atoms with E-state index in [9.17, 15) is 4.79 Å². The van der Waals surface area contributed by atoms with E-state index in [1.165, 1.54) is 37.0 Å². The van der Waals surface area contributed by atoms with Gasteiger partial charge in [-0.3, -0.25) is 0 Å². The predicted octanol–water partition coefficient (Wildman–Crippen LogP) is 4.11. The first-order valence-corrected chi connectivity index (χ1v) is 10.4. The maximum absolute atomic E-state index is 11.9. The Bertz CT molecular complexity index is 772. The second-order valence-corrected chi connectivity index (χ2v) is 7.79. The molecule has 1 saturated heterocycles. The van der Waals surface area contributed by atoms with Crippen molar-refractivity contribution in [1.82, 2.24) is 15.0 Å². The zero-order valence-corrected chi connectivity index (χ0v) is 15.9. The van der Waals surface area contributed by atoms with E-state index in [0.717, 1.165) is 36.0 Å². The smallest absolute Gasteiger partial charge is 0.357 e. The van der Waals surface area contributed by atoms with E-state index < -0.39 is 0 Å². The summed E-state index contributed by atoms with van der Waals surface area (Å²) in [5.74, 6) is 2.13. The molecule has 1 atom stereocenters. The zero-order valence-electron chi connectivity index (χ0n) is 15.1. The minimum Gasteiger partial charge on any atom is -0.461 e. The van der Waals surface area contributed by atoms with Crippen LogP contribution in [0.15, 0.2) is 17.6 Å². The lowest BCUT2D eigenvalue weighted by atomic mass is 10.1. The largest absolute Gasteiger partial charge is 0.461 e. The fraction of sp³-hybridized carbons (Fsp3) is 0.579. The summed E-state index contributed by atoms with van der Waals surface area (Å²) in [7, 11) is 0. The summed E-state index contributed by atoms with van der Waals surface area (Å²) in [5, 5.41) is 2.76. The summed E-state index contributed by atoms with van der Waals surface area (Å²) in [6.07, 6.45) is 8.96. The Morgan fingerprint density at radius 2 is 2.12 bits per heavy atom. The van der Waals surface area contributed by atoms with Crippen LogP contribution in [-0.4, -0.2) is 34.1 Å². The molecule has 26 heavy (non-hydrogen) atoms. The average Bonchev–Trinajstić information content (AvgIpc) is 3.42. The van der Waals surface area contributed by atoms with Crippen molar-refractivity contribution in [2.75, 3.05) is 18.1 Å². The number of carbonyl (C=O) groups excluding carboxylic acids is 1. The minimum absolute atomic E-state index is 0.175. The van der Waals surface area contributed by atoms with Gasteiger partial charge in [0.15, 0.2) is 5.69 Å². The molecule has 0 bridgehead atoms. The lowest BCUT2D eigenvalue weighted by molar-refractivity contribution is 0.0520. The lowest BCUT2D eigenvalue weighted by Crippen LogP contribution is -2.24. The molecule has 138 valence electrons. The summed E-state index contributed by atoms with van der Waals surface area (Å²) in [6, 6.07) is 2.17. The van der Waals surface area contributed by atoms with E-state index >= 15 is 0 Å². The van der Waals surface area contributed by atoms with E-state index in [1.54, 1.807) is 12.3 Å². The zero-order chi connectivity index (χ0) is 17.9. The Morgan fingerprint density at radius 1 is 1.27 bits per heavy atom. The summed E-state index contributed by atoms with van der Waals surface area (Å²) < 4.78 is 5.06. The van der Waals surface area contributed by atoms with Crippen molar-refractivity contribution in [3.8, 4) is 0 Å². The van der Waals surface area contributed by atoms with Crippen LogP contribution in [0.1, 0.15) is 78.7 Å². The molecule has 0 unspecified atom stereocenters. The van der Waals surface area contributed by atoms with Gasteiger partial charge in [-0.15, -0.1) is 11.3 Å².